The van der Waals surface area contributed by atoms with E-state index < -0.39 is 0 Å². The van der Waals surface area contributed by atoms with Crippen LogP contribution in [0.25, 0.3) is 6.08 Å². The summed E-state index contributed by atoms with van der Waals surface area (Å²) in [4.78, 5) is 26.4. The molecule has 0 saturated carbocycles. The Bertz CT molecular complexity index is 970. The van der Waals surface area contributed by atoms with E-state index in [4.69, 9.17) is 14.2 Å². The SMILES string of the molecule is COCC(=O)N1CCCc2ccc(NC(=O)/C=C/c3ccc4c(c3)OCO4)cc21. The number of hydrogen-bond donors (Lipinski definition) is 1. The first kappa shape index (κ1) is 19.0. The van der Waals surface area contributed by atoms with Crippen LogP contribution in [0.5, 0.6) is 11.5 Å². The topological polar surface area (TPSA) is 77.1 Å². The minimum Gasteiger partial charge on any atom is -0.454 e. The summed E-state index contributed by atoms with van der Waals surface area (Å²) in [5.74, 6) is 1.03. The van der Waals surface area contributed by atoms with Crippen LogP contribution in [0.15, 0.2) is 42.5 Å². The van der Waals surface area contributed by atoms with Gasteiger partial charge in [0.2, 0.25) is 12.7 Å². The summed E-state index contributed by atoms with van der Waals surface area (Å²) >= 11 is 0. The summed E-state index contributed by atoms with van der Waals surface area (Å²) in [7, 11) is 1.51. The first-order chi connectivity index (χ1) is 14.1. The second-order valence-electron chi connectivity index (χ2n) is 6.86. The molecule has 4 rings (SSSR count). The minimum absolute atomic E-state index is 0.0360. The van der Waals surface area contributed by atoms with Gasteiger partial charge in [0.05, 0.1) is 0 Å². The molecule has 0 spiro atoms. The average molecular weight is 394 g/mol. The van der Waals surface area contributed by atoms with Crippen molar-refractivity contribution >= 4 is 29.3 Å². The summed E-state index contributed by atoms with van der Waals surface area (Å²) in [5, 5.41) is 2.86. The van der Waals surface area contributed by atoms with Crippen molar-refractivity contribution in [2.75, 3.05) is 37.3 Å². The molecule has 2 aromatic rings. The van der Waals surface area contributed by atoms with Gasteiger partial charge in [-0.05, 0) is 54.3 Å². The maximum absolute atomic E-state index is 12.4. The first-order valence-corrected chi connectivity index (χ1v) is 9.45. The molecule has 150 valence electrons. The number of ether oxygens (including phenoxy) is 3. The van der Waals surface area contributed by atoms with Crippen LogP contribution in [-0.4, -0.2) is 38.9 Å². The van der Waals surface area contributed by atoms with Gasteiger partial charge in [0.1, 0.15) is 6.61 Å². The van der Waals surface area contributed by atoms with Gasteiger partial charge in [-0.15, -0.1) is 0 Å². The van der Waals surface area contributed by atoms with Gasteiger partial charge in [-0.25, -0.2) is 0 Å². The highest BCUT2D eigenvalue weighted by Gasteiger charge is 2.22. The molecule has 2 amide bonds. The molecule has 7 heteroatoms. The minimum atomic E-state index is -0.256. The number of amides is 2. The number of fused-ring (bicyclic) bond motifs is 2. The van der Waals surface area contributed by atoms with E-state index in [1.54, 1.807) is 11.0 Å². The zero-order valence-electron chi connectivity index (χ0n) is 16.1. The van der Waals surface area contributed by atoms with Crippen molar-refractivity contribution in [1.29, 1.82) is 0 Å². The molecule has 7 nitrogen and oxygen atoms in total. The van der Waals surface area contributed by atoms with Gasteiger partial charge >= 0.3 is 0 Å². The lowest BCUT2D eigenvalue weighted by Crippen LogP contribution is -2.37. The Morgan fingerprint density at radius 1 is 1.17 bits per heavy atom. The van der Waals surface area contributed by atoms with Crippen molar-refractivity contribution in [2.45, 2.75) is 12.8 Å². The van der Waals surface area contributed by atoms with E-state index in [-0.39, 0.29) is 25.2 Å². The molecule has 0 saturated heterocycles. The van der Waals surface area contributed by atoms with E-state index in [1.807, 2.05) is 36.4 Å². The highest BCUT2D eigenvalue weighted by Crippen LogP contribution is 2.33. The van der Waals surface area contributed by atoms with E-state index in [1.165, 1.54) is 13.2 Å². The molecular weight excluding hydrogens is 372 g/mol. The summed E-state index contributed by atoms with van der Waals surface area (Å²) in [5.41, 5.74) is 3.40. The molecule has 0 atom stereocenters. The van der Waals surface area contributed by atoms with E-state index in [2.05, 4.69) is 5.32 Å². The number of nitrogens with zero attached hydrogens (tertiary/aromatic N) is 1. The lowest BCUT2D eigenvalue weighted by Gasteiger charge is -2.29. The normalized spacial score (nSPS) is 14.7. The molecule has 0 fully saturated rings. The molecule has 0 radical (unpaired) electrons. The van der Waals surface area contributed by atoms with Crippen molar-refractivity contribution in [3.8, 4) is 11.5 Å². The number of nitrogens with one attached hydrogen (secondary N) is 1. The number of carbonyl (C=O) groups excluding carboxylic acids is 2. The van der Waals surface area contributed by atoms with E-state index in [0.717, 1.165) is 29.7 Å². The molecule has 2 aliphatic heterocycles. The third kappa shape index (κ3) is 4.25. The third-order valence-electron chi connectivity index (χ3n) is 4.86. The highest BCUT2D eigenvalue weighted by atomic mass is 16.7. The maximum atomic E-state index is 12.4. The second kappa shape index (κ2) is 8.36. The van der Waals surface area contributed by atoms with Gasteiger partial charge in [-0.2, -0.15) is 0 Å². The fraction of sp³-hybridized carbons (Fsp3) is 0.273. The Morgan fingerprint density at radius 3 is 2.90 bits per heavy atom. The van der Waals surface area contributed by atoms with E-state index in [0.29, 0.717) is 23.7 Å². The molecule has 2 heterocycles. The predicted molar refractivity (Wildman–Crippen MR) is 109 cm³/mol. The van der Waals surface area contributed by atoms with Crippen LogP contribution in [0.3, 0.4) is 0 Å². The standard InChI is InChI=1S/C22H22N2O5/c1-27-13-22(26)24-10-2-3-16-6-7-17(12-18(16)24)23-21(25)9-5-15-4-8-19-20(11-15)29-14-28-19/h4-9,11-12H,2-3,10,13-14H2,1H3,(H,23,25)/b9-5+. The fourth-order valence-electron chi connectivity index (χ4n) is 3.49. The molecule has 29 heavy (non-hydrogen) atoms. The Hall–Kier alpha value is -3.32. The van der Waals surface area contributed by atoms with Crippen LogP contribution < -0.4 is 19.7 Å². The van der Waals surface area contributed by atoms with Gasteiger partial charge in [0.15, 0.2) is 11.5 Å². The molecule has 1 N–H and O–H groups in total. The van der Waals surface area contributed by atoms with E-state index in [9.17, 15) is 9.59 Å². The summed E-state index contributed by atoms with van der Waals surface area (Å²) in [6.45, 7) is 0.899. The molecule has 2 aliphatic rings. The number of methoxy groups -OCH3 is 1. The van der Waals surface area contributed by atoms with Gasteiger partial charge in [-0.3, -0.25) is 9.59 Å². The first-order valence-electron chi connectivity index (χ1n) is 9.45. The Kier molecular flexibility index (Phi) is 5.48. The lowest BCUT2D eigenvalue weighted by atomic mass is 10.0. The molecule has 0 aromatic heterocycles. The number of hydrogen-bond acceptors (Lipinski definition) is 5. The third-order valence-corrected chi connectivity index (χ3v) is 4.86. The highest BCUT2D eigenvalue weighted by molar-refractivity contribution is 6.03. The smallest absolute Gasteiger partial charge is 0.252 e. The largest absolute Gasteiger partial charge is 0.454 e. The quantitative estimate of drug-likeness (QED) is 0.789. The van der Waals surface area contributed by atoms with Crippen molar-refractivity contribution in [1.82, 2.24) is 0 Å². The zero-order valence-corrected chi connectivity index (χ0v) is 16.1. The Labute approximate surface area is 168 Å². The van der Waals surface area contributed by atoms with Gasteiger partial charge in [-0.1, -0.05) is 12.1 Å². The van der Waals surface area contributed by atoms with Crippen molar-refractivity contribution in [2.24, 2.45) is 0 Å². The van der Waals surface area contributed by atoms with Crippen molar-refractivity contribution < 1.29 is 23.8 Å². The van der Waals surface area contributed by atoms with Crippen LogP contribution in [-0.2, 0) is 20.7 Å². The number of anilines is 2. The molecular formula is C22H22N2O5. The summed E-state index contributed by atoms with van der Waals surface area (Å²) in [6.07, 6.45) is 4.99. The Balaban J connectivity index is 1.46. The van der Waals surface area contributed by atoms with E-state index >= 15 is 0 Å². The predicted octanol–water partition coefficient (Wildman–Crippen LogP) is 2.99. The second-order valence-corrected chi connectivity index (χ2v) is 6.86. The molecule has 0 aliphatic carbocycles. The van der Waals surface area contributed by atoms with Gasteiger partial charge < -0.3 is 24.4 Å². The van der Waals surface area contributed by atoms with Crippen molar-refractivity contribution in [3.05, 3.63) is 53.6 Å². The van der Waals surface area contributed by atoms with Crippen LogP contribution in [0, 0.1) is 0 Å². The van der Waals surface area contributed by atoms with Crippen LogP contribution >= 0.6 is 0 Å². The van der Waals surface area contributed by atoms with Gasteiger partial charge in [0, 0.05) is 31.1 Å². The van der Waals surface area contributed by atoms with Crippen LogP contribution in [0.4, 0.5) is 11.4 Å². The van der Waals surface area contributed by atoms with Crippen LogP contribution in [0.2, 0.25) is 0 Å². The average Bonchev–Trinajstić information content (AvgIpc) is 3.20. The number of rotatable bonds is 5. The monoisotopic (exact) mass is 394 g/mol. The Morgan fingerprint density at radius 2 is 2.03 bits per heavy atom. The lowest BCUT2D eigenvalue weighted by molar-refractivity contribution is -0.122. The van der Waals surface area contributed by atoms with Crippen molar-refractivity contribution in [3.63, 3.8) is 0 Å². The molecule has 0 unspecified atom stereocenters. The molecule has 0 bridgehead atoms. The fourth-order valence-corrected chi connectivity index (χ4v) is 3.49. The number of carbonyl (C=O) groups is 2. The molecule has 2 aromatic carbocycles. The maximum Gasteiger partial charge on any atom is 0.252 e. The number of benzene rings is 2. The van der Waals surface area contributed by atoms with Gasteiger partial charge in [0.25, 0.3) is 5.91 Å². The summed E-state index contributed by atoms with van der Waals surface area (Å²) in [6, 6.07) is 11.2. The number of aryl methyl sites for hydroxylation is 1. The summed E-state index contributed by atoms with van der Waals surface area (Å²) < 4.78 is 15.6. The van der Waals surface area contributed by atoms with Crippen LogP contribution in [0.1, 0.15) is 17.5 Å². The zero-order chi connectivity index (χ0) is 20.2.